The Morgan fingerprint density at radius 2 is 1.91 bits per heavy atom. The molecule has 0 spiro atoms. The summed E-state index contributed by atoms with van der Waals surface area (Å²) in [6.07, 6.45) is 1.50. The number of benzene rings is 3. The fourth-order valence-corrected chi connectivity index (χ4v) is 4.20. The van der Waals surface area contributed by atoms with Crippen molar-refractivity contribution in [1.29, 1.82) is 5.26 Å². The minimum absolute atomic E-state index is 0.0715. The summed E-state index contributed by atoms with van der Waals surface area (Å²) < 4.78 is 12.7. The first-order chi connectivity index (χ1) is 16.3. The van der Waals surface area contributed by atoms with Gasteiger partial charge in [0.25, 0.3) is 5.91 Å². The average Bonchev–Trinajstić information content (AvgIpc) is 2.79. The maximum Gasteiger partial charge on any atom is 0.266 e. The number of nitriles is 1. The SMILES string of the molecule is CCOc1cc(/C=C(\C#N)C(=O)Nc2ccc(Cl)c(Cl)c2)cc(I)c1OCc1cccc(C)c1. The fraction of sp³-hybridized carbons (Fsp3) is 0.154. The molecule has 0 unspecified atom stereocenters. The van der Waals surface area contributed by atoms with Gasteiger partial charge in [0.15, 0.2) is 11.5 Å². The highest BCUT2D eigenvalue weighted by Crippen LogP contribution is 2.35. The molecule has 3 aromatic rings. The van der Waals surface area contributed by atoms with Crippen molar-refractivity contribution in [2.75, 3.05) is 11.9 Å². The van der Waals surface area contributed by atoms with E-state index in [-0.39, 0.29) is 5.57 Å². The minimum Gasteiger partial charge on any atom is -0.490 e. The molecule has 0 aromatic heterocycles. The van der Waals surface area contributed by atoms with Crippen LogP contribution in [0.3, 0.4) is 0 Å². The van der Waals surface area contributed by atoms with Crippen LogP contribution in [-0.2, 0) is 11.4 Å². The van der Waals surface area contributed by atoms with E-state index < -0.39 is 5.91 Å². The summed E-state index contributed by atoms with van der Waals surface area (Å²) in [5.41, 5.74) is 3.21. The number of carbonyl (C=O) groups is 1. The quantitative estimate of drug-likeness (QED) is 0.164. The topological polar surface area (TPSA) is 71.3 Å². The van der Waals surface area contributed by atoms with Gasteiger partial charge < -0.3 is 14.8 Å². The molecule has 3 aromatic carbocycles. The first kappa shape index (κ1) is 25.9. The molecule has 174 valence electrons. The van der Waals surface area contributed by atoms with Crippen LogP contribution in [-0.4, -0.2) is 12.5 Å². The van der Waals surface area contributed by atoms with Crippen molar-refractivity contribution < 1.29 is 14.3 Å². The number of nitrogens with zero attached hydrogens (tertiary/aromatic N) is 1. The van der Waals surface area contributed by atoms with Crippen molar-refractivity contribution in [1.82, 2.24) is 0 Å². The lowest BCUT2D eigenvalue weighted by Gasteiger charge is -2.15. The maximum absolute atomic E-state index is 12.7. The summed E-state index contributed by atoms with van der Waals surface area (Å²) in [5.74, 6) is 0.587. The molecule has 1 N–H and O–H groups in total. The highest BCUT2D eigenvalue weighted by molar-refractivity contribution is 14.1. The van der Waals surface area contributed by atoms with Gasteiger partial charge in [-0.05, 0) is 84.0 Å². The smallest absolute Gasteiger partial charge is 0.266 e. The van der Waals surface area contributed by atoms with Crippen molar-refractivity contribution in [3.05, 3.63) is 90.5 Å². The highest BCUT2D eigenvalue weighted by Gasteiger charge is 2.15. The Kier molecular flexibility index (Phi) is 9.22. The normalized spacial score (nSPS) is 11.0. The lowest BCUT2D eigenvalue weighted by atomic mass is 10.1. The summed E-state index contributed by atoms with van der Waals surface area (Å²) in [7, 11) is 0. The third kappa shape index (κ3) is 6.89. The summed E-state index contributed by atoms with van der Waals surface area (Å²) in [4.78, 5) is 12.7. The maximum atomic E-state index is 12.7. The Bertz CT molecular complexity index is 1290. The van der Waals surface area contributed by atoms with Gasteiger partial charge in [0.2, 0.25) is 0 Å². The Balaban J connectivity index is 1.85. The number of aryl methyl sites for hydroxylation is 1. The van der Waals surface area contributed by atoms with Crippen LogP contribution < -0.4 is 14.8 Å². The van der Waals surface area contributed by atoms with E-state index in [1.165, 1.54) is 12.1 Å². The van der Waals surface area contributed by atoms with Crippen molar-refractivity contribution in [2.45, 2.75) is 20.5 Å². The zero-order valence-corrected chi connectivity index (χ0v) is 22.2. The molecule has 1 amide bonds. The van der Waals surface area contributed by atoms with E-state index in [0.29, 0.717) is 46.0 Å². The molecule has 0 radical (unpaired) electrons. The van der Waals surface area contributed by atoms with Crippen LogP contribution in [0, 0.1) is 21.8 Å². The average molecular weight is 607 g/mol. The van der Waals surface area contributed by atoms with Crippen LogP contribution in [0.2, 0.25) is 10.0 Å². The van der Waals surface area contributed by atoms with Crippen LogP contribution >= 0.6 is 45.8 Å². The highest BCUT2D eigenvalue weighted by atomic mass is 127. The molecule has 0 atom stereocenters. The first-order valence-corrected chi connectivity index (χ1v) is 12.2. The summed E-state index contributed by atoms with van der Waals surface area (Å²) in [6.45, 7) is 4.74. The predicted octanol–water partition coefficient (Wildman–Crippen LogP) is 7.43. The second-order valence-electron chi connectivity index (χ2n) is 7.29. The standard InChI is InChI=1S/C26H21Cl2IN2O3/c1-3-33-24-12-18(11-23(29)25(24)34-15-17-6-4-5-16(2)9-17)10-19(14-30)26(32)31-20-7-8-21(27)22(28)13-20/h4-13H,3,15H2,1-2H3,(H,31,32)/b19-10+. The van der Waals surface area contributed by atoms with Crippen LogP contribution in [0.5, 0.6) is 11.5 Å². The first-order valence-electron chi connectivity index (χ1n) is 10.3. The number of hydrogen-bond donors (Lipinski definition) is 1. The molecule has 0 fully saturated rings. The molecule has 0 heterocycles. The van der Waals surface area contributed by atoms with Gasteiger partial charge in [-0.1, -0.05) is 53.0 Å². The van der Waals surface area contributed by atoms with E-state index in [1.807, 2.05) is 44.2 Å². The molecule has 0 aliphatic heterocycles. The van der Waals surface area contributed by atoms with Crippen LogP contribution in [0.25, 0.3) is 6.08 Å². The van der Waals surface area contributed by atoms with E-state index in [2.05, 4.69) is 34.0 Å². The van der Waals surface area contributed by atoms with Crippen molar-refractivity contribution in [2.24, 2.45) is 0 Å². The molecule has 0 saturated carbocycles. The second-order valence-corrected chi connectivity index (χ2v) is 9.27. The molecule has 3 rings (SSSR count). The van der Waals surface area contributed by atoms with E-state index in [0.717, 1.165) is 14.7 Å². The Morgan fingerprint density at radius 3 is 2.59 bits per heavy atom. The molecule has 0 saturated heterocycles. The fourth-order valence-electron chi connectivity index (χ4n) is 3.12. The molecule has 0 aliphatic rings. The second kappa shape index (κ2) is 12.1. The zero-order valence-electron chi connectivity index (χ0n) is 18.5. The number of hydrogen-bond acceptors (Lipinski definition) is 4. The lowest BCUT2D eigenvalue weighted by Crippen LogP contribution is -2.13. The molecule has 8 heteroatoms. The van der Waals surface area contributed by atoms with Crippen LogP contribution in [0.15, 0.2) is 60.2 Å². The minimum atomic E-state index is -0.561. The third-order valence-corrected chi connectivity index (χ3v) is 6.19. The zero-order chi connectivity index (χ0) is 24.7. The van der Waals surface area contributed by atoms with E-state index in [9.17, 15) is 10.1 Å². The molecule has 5 nitrogen and oxygen atoms in total. The summed E-state index contributed by atoms with van der Waals surface area (Å²) >= 11 is 14.1. The molecular formula is C26H21Cl2IN2O3. The van der Waals surface area contributed by atoms with Gasteiger partial charge in [-0.3, -0.25) is 4.79 Å². The third-order valence-electron chi connectivity index (χ3n) is 4.65. The number of halogens is 3. The van der Waals surface area contributed by atoms with Gasteiger partial charge in [-0.15, -0.1) is 0 Å². The van der Waals surface area contributed by atoms with Gasteiger partial charge in [0.1, 0.15) is 18.2 Å². The van der Waals surface area contributed by atoms with Gasteiger partial charge in [-0.25, -0.2) is 0 Å². The van der Waals surface area contributed by atoms with Crippen molar-refractivity contribution in [3.8, 4) is 17.6 Å². The number of anilines is 1. The number of rotatable bonds is 8. The largest absolute Gasteiger partial charge is 0.490 e. The van der Waals surface area contributed by atoms with Crippen LogP contribution in [0.4, 0.5) is 5.69 Å². The van der Waals surface area contributed by atoms with E-state index >= 15 is 0 Å². The predicted molar refractivity (Wildman–Crippen MR) is 145 cm³/mol. The Hall–Kier alpha value is -2.73. The van der Waals surface area contributed by atoms with Crippen molar-refractivity contribution >= 4 is 63.5 Å². The number of nitrogens with one attached hydrogen (secondary N) is 1. The molecular weight excluding hydrogens is 586 g/mol. The molecule has 0 bridgehead atoms. The molecule has 34 heavy (non-hydrogen) atoms. The summed E-state index contributed by atoms with van der Waals surface area (Å²) in [6, 6.07) is 18.3. The number of ether oxygens (including phenoxy) is 2. The van der Waals surface area contributed by atoms with Gasteiger partial charge in [0, 0.05) is 5.69 Å². The van der Waals surface area contributed by atoms with E-state index in [4.69, 9.17) is 32.7 Å². The lowest BCUT2D eigenvalue weighted by molar-refractivity contribution is -0.112. The number of amides is 1. The van der Waals surface area contributed by atoms with Gasteiger partial charge in [0.05, 0.1) is 20.2 Å². The Labute approximate surface area is 222 Å². The van der Waals surface area contributed by atoms with Gasteiger partial charge >= 0.3 is 0 Å². The van der Waals surface area contributed by atoms with Crippen molar-refractivity contribution in [3.63, 3.8) is 0 Å². The van der Waals surface area contributed by atoms with Crippen LogP contribution in [0.1, 0.15) is 23.6 Å². The van der Waals surface area contributed by atoms with E-state index in [1.54, 1.807) is 18.2 Å². The van der Waals surface area contributed by atoms with Gasteiger partial charge in [-0.2, -0.15) is 5.26 Å². The summed E-state index contributed by atoms with van der Waals surface area (Å²) in [5, 5.41) is 12.9. The Morgan fingerprint density at radius 1 is 1.12 bits per heavy atom. The molecule has 0 aliphatic carbocycles. The number of carbonyl (C=O) groups excluding carboxylic acids is 1. The monoisotopic (exact) mass is 606 g/mol.